The number of piperazine rings is 1. The number of piperidine rings is 1. The van der Waals surface area contributed by atoms with E-state index >= 15 is 0 Å². The Morgan fingerprint density at radius 3 is 2.38 bits per heavy atom. The first-order valence-corrected chi connectivity index (χ1v) is 13.6. The number of aryl methyl sites for hydroxylation is 1. The molecule has 0 radical (unpaired) electrons. The number of anilines is 3. The lowest BCUT2D eigenvalue weighted by molar-refractivity contribution is 0.0982. The number of carbonyl (C=O) groups excluding carboxylic acids is 1. The molecule has 10 nitrogen and oxygen atoms in total. The van der Waals surface area contributed by atoms with Crippen LogP contribution >= 0.6 is 0 Å². The first-order chi connectivity index (χ1) is 18.0. The van der Waals surface area contributed by atoms with Crippen molar-refractivity contribution in [2.24, 2.45) is 11.7 Å². The second-order valence-corrected chi connectivity index (χ2v) is 10.5. The number of hydrogen-bond donors (Lipinski definition) is 3. The SMILES string of the molecule is CCc1nc(C(N)=O)c(Nc2ccc(N3CCC(N4CCN(C)CC4)CC3)cc2)nc1OCC1CNC1. The van der Waals surface area contributed by atoms with Crippen LogP contribution in [0.25, 0.3) is 0 Å². The molecule has 0 atom stereocenters. The van der Waals surface area contributed by atoms with Crippen LogP contribution in [-0.2, 0) is 6.42 Å². The van der Waals surface area contributed by atoms with Crippen molar-refractivity contribution in [2.45, 2.75) is 32.2 Å². The molecular formula is C27H40N8O2. The van der Waals surface area contributed by atoms with E-state index in [0.29, 0.717) is 42.4 Å². The van der Waals surface area contributed by atoms with Crippen molar-refractivity contribution in [3.63, 3.8) is 0 Å². The van der Waals surface area contributed by atoms with Crippen LogP contribution in [0.15, 0.2) is 24.3 Å². The van der Waals surface area contributed by atoms with Gasteiger partial charge in [0.1, 0.15) is 5.69 Å². The van der Waals surface area contributed by atoms with E-state index in [4.69, 9.17) is 10.5 Å². The van der Waals surface area contributed by atoms with E-state index in [1.165, 1.54) is 44.7 Å². The second-order valence-electron chi connectivity index (χ2n) is 10.5. The summed E-state index contributed by atoms with van der Waals surface area (Å²) < 4.78 is 5.98. The number of carbonyl (C=O) groups is 1. The number of primary amides is 1. The number of rotatable bonds is 9. The molecule has 3 aliphatic rings. The average molecular weight is 509 g/mol. The maximum atomic E-state index is 12.1. The summed E-state index contributed by atoms with van der Waals surface area (Å²) >= 11 is 0. The predicted octanol–water partition coefficient (Wildman–Crippen LogP) is 1.70. The maximum absolute atomic E-state index is 12.1. The van der Waals surface area contributed by atoms with Crippen LogP contribution in [-0.4, -0.2) is 97.7 Å². The van der Waals surface area contributed by atoms with Crippen LogP contribution in [0, 0.1) is 5.92 Å². The van der Waals surface area contributed by atoms with Crippen molar-refractivity contribution in [3.8, 4) is 5.88 Å². The summed E-state index contributed by atoms with van der Waals surface area (Å²) in [5, 5.41) is 6.49. The number of nitrogens with one attached hydrogen (secondary N) is 2. The number of likely N-dealkylation sites (N-methyl/N-ethyl adjacent to an activating group) is 1. The van der Waals surface area contributed by atoms with Crippen LogP contribution < -0.4 is 26.0 Å². The van der Waals surface area contributed by atoms with Crippen LogP contribution in [0.3, 0.4) is 0 Å². The van der Waals surface area contributed by atoms with Gasteiger partial charge in [-0.2, -0.15) is 4.98 Å². The summed E-state index contributed by atoms with van der Waals surface area (Å²) in [5.74, 6) is 0.645. The Morgan fingerprint density at radius 1 is 1.08 bits per heavy atom. The van der Waals surface area contributed by atoms with Gasteiger partial charge in [-0.1, -0.05) is 6.92 Å². The number of benzene rings is 1. The largest absolute Gasteiger partial charge is 0.476 e. The lowest BCUT2D eigenvalue weighted by Crippen LogP contribution is -2.52. The molecule has 0 unspecified atom stereocenters. The number of hydrogen-bond acceptors (Lipinski definition) is 9. The third kappa shape index (κ3) is 6.14. The van der Waals surface area contributed by atoms with Crippen molar-refractivity contribution < 1.29 is 9.53 Å². The normalized spacial score (nSPS) is 20.0. The van der Waals surface area contributed by atoms with Gasteiger partial charge >= 0.3 is 0 Å². The lowest BCUT2D eigenvalue weighted by Gasteiger charge is -2.42. The van der Waals surface area contributed by atoms with Gasteiger partial charge in [-0.15, -0.1) is 0 Å². The van der Waals surface area contributed by atoms with Gasteiger partial charge in [-0.05, 0) is 50.6 Å². The Kier molecular flexibility index (Phi) is 8.07. The van der Waals surface area contributed by atoms with E-state index < -0.39 is 5.91 Å². The monoisotopic (exact) mass is 508 g/mol. The Morgan fingerprint density at radius 2 is 1.78 bits per heavy atom. The fraction of sp³-hybridized carbons (Fsp3) is 0.593. The number of ether oxygens (including phenoxy) is 1. The highest BCUT2D eigenvalue weighted by atomic mass is 16.5. The highest BCUT2D eigenvalue weighted by Gasteiger charge is 2.27. The highest BCUT2D eigenvalue weighted by Crippen LogP contribution is 2.28. The molecule has 1 aromatic carbocycles. The van der Waals surface area contributed by atoms with Crippen molar-refractivity contribution in [1.29, 1.82) is 0 Å². The van der Waals surface area contributed by atoms with E-state index in [1.54, 1.807) is 0 Å². The zero-order chi connectivity index (χ0) is 25.8. The minimum atomic E-state index is -0.612. The number of nitrogens with zero attached hydrogens (tertiary/aromatic N) is 5. The molecule has 3 fully saturated rings. The summed E-state index contributed by atoms with van der Waals surface area (Å²) in [6, 6.07) is 8.97. The smallest absolute Gasteiger partial charge is 0.271 e. The molecule has 1 aromatic heterocycles. The molecule has 3 saturated heterocycles. The molecular weight excluding hydrogens is 468 g/mol. The Hall–Kier alpha value is -2.95. The third-order valence-corrected chi connectivity index (χ3v) is 7.84. The molecule has 0 bridgehead atoms. The van der Waals surface area contributed by atoms with Gasteiger partial charge in [0.25, 0.3) is 5.91 Å². The van der Waals surface area contributed by atoms with Gasteiger partial charge in [0.05, 0.1) is 6.61 Å². The van der Waals surface area contributed by atoms with Gasteiger partial charge in [-0.3, -0.25) is 9.69 Å². The summed E-state index contributed by atoms with van der Waals surface area (Å²) in [5.41, 5.74) is 8.45. The minimum Gasteiger partial charge on any atom is -0.476 e. The van der Waals surface area contributed by atoms with E-state index in [0.717, 1.165) is 31.9 Å². The maximum Gasteiger partial charge on any atom is 0.271 e. The fourth-order valence-corrected chi connectivity index (χ4v) is 5.29. The molecule has 200 valence electrons. The molecule has 10 heteroatoms. The van der Waals surface area contributed by atoms with Gasteiger partial charge in [0.15, 0.2) is 11.5 Å². The van der Waals surface area contributed by atoms with Gasteiger partial charge in [0.2, 0.25) is 5.88 Å². The van der Waals surface area contributed by atoms with Crippen LogP contribution in [0.1, 0.15) is 35.9 Å². The first kappa shape index (κ1) is 25.7. The van der Waals surface area contributed by atoms with E-state index in [9.17, 15) is 4.79 Å². The van der Waals surface area contributed by atoms with Crippen LogP contribution in [0.2, 0.25) is 0 Å². The summed E-state index contributed by atoms with van der Waals surface area (Å²) in [7, 11) is 2.21. The van der Waals surface area contributed by atoms with Crippen molar-refractivity contribution in [3.05, 3.63) is 35.7 Å². The summed E-state index contributed by atoms with van der Waals surface area (Å²) in [6.07, 6.45) is 3.00. The number of amides is 1. The molecule has 0 saturated carbocycles. The number of aromatic nitrogens is 2. The molecule has 4 N–H and O–H groups in total. The molecule has 0 spiro atoms. The molecule has 37 heavy (non-hydrogen) atoms. The standard InChI is InChI=1S/C27H40N8O2/c1-3-23-27(37-18-19-16-29-17-19)32-26(24(31-23)25(28)36)30-20-4-6-21(7-5-20)34-10-8-22(9-11-34)35-14-12-33(2)13-15-35/h4-7,19,22,29H,3,8-18H2,1-2H3,(H2,28,36)(H,30,32). The quantitative estimate of drug-likeness (QED) is 0.466. The van der Waals surface area contributed by atoms with Crippen molar-refractivity contribution >= 4 is 23.1 Å². The molecule has 4 heterocycles. The summed E-state index contributed by atoms with van der Waals surface area (Å²) in [4.78, 5) is 28.8. The van der Waals surface area contributed by atoms with Crippen molar-refractivity contribution in [2.75, 3.05) is 76.2 Å². The van der Waals surface area contributed by atoms with Crippen molar-refractivity contribution in [1.82, 2.24) is 25.1 Å². The molecule has 2 aromatic rings. The first-order valence-electron chi connectivity index (χ1n) is 13.6. The summed E-state index contributed by atoms with van der Waals surface area (Å²) in [6.45, 7) is 11.3. The van der Waals surface area contributed by atoms with Gasteiger partial charge in [0, 0.05) is 75.7 Å². The Labute approximate surface area is 219 Å². The zero-order valence-electron chi connectivity index (χ0n) is 22.1. The Balaban J connectivity index is 1.23. The van der Waals surface area contributed by atoms with Gasteiger partial charge in [-0.25, -0.2) is 4.98 Å². The minimum absolute atomic E-state index is 0.129. The molecule has 3 aliphatic heterocycles. The molecule has 1 amide bonds. The molecule has 5 rings (SSSR count). The number of nitrogens with two attached hydrogens (primary N) is 1. The van der Waals surface area contributed by atoms with E-state index in [-0.39, 0.29) is 5.69 Å². The van der Waals surface area contributed by atoms with Crippen LogP contribution in [0.4, 0.5) is 17.2 Å². The highest BCUT2D eigenvalue weighted by molar-refractivity contribution is 5.96. The van der Waals surface area contributed by atoms with E-state index in [2.05, 4.69) is 54.5 Å². The lowest BCUT2D eigenvalue weighted by atomic mass is 10.0. The second kappa shape index (κ2) is 11.6. The van der Waals surface area contributed by atoms with Gasteiger partial charge < -0.3 is 30.9 Å². The fourth-order valence-electron chi connectivity index (χ4n) is 5.29. The Bertz CT molecular complexity index is 1060. The molecule has 0 aliphatic carbocycles. The predicted molar refractivity (Wildman–Crippen MR) is 146 cm³/mol. The topological polar surface area (TPSA) is 112 Å². The third-order valence-electron chi connectivity index (χ3n) is 7.84. The van der Waals surface area contributed by atoms with E-state index in [1.807, 2.05) is 19.1 Å². The van der Waals surface area contributed by atoms with Crippen LogP contribution in [0.5, 0.6) is 5.88 Å². The average Bonchev–Trinajstić information content (AvgIpc) is 2.89. The zero-order valence-corrected chi connectivity index (χ0v) is 22.1.